The summed E-state index contributed by atoms with van der Waals surface area (Å²) in [5.41, 5.74) is 0.416. The third-order valence-corrected chi connectivity index (χ3v) is 4.66. The Morgan fingerprint density at radius 3 is 2.54 bits per heavy atom. The number of rotatable bonds is 6. The van der Waals surface area contributed by atoms with Crippen LogP contribution in [0.15, 0.2) is 47.9 Å². The van der Waals surface area contributed by atoms with Gasteiger partial charge in [0.1, 0.15) is 12.9 Å². The lowest BCUT2D eigenvalue weighted by molar-refractivity contribution is -0.116. The van der Waals surface area contributed by atoms with Crippen molar-refractivity contribution in [1.29, 1.82) is 0 Å². The van der Waals surface area contributed by atoms with Crippen molar-refractivity contribution in [2.24, 2.45) is 0 Å². The summed E-state index contributed by atoms with van der Waals surface area (Å²) in [4.78, 5) is 19.4. The van der Waals surface area contributed by atoms with E-state index in [4.69, 9.17) is 11.6 Å². The second kappa shape index (κ2) is 7.41. The first-order valence-corrected chi connectivity index (χ1v) is 8.90. The van der Waals surface area contributed by atoms with Crippen LogP contribution in [-0.2, 0) is 21.4 Å². The quantitative estimate of drug-likeness (QED) is 0.616. The van der Waals surface area contributed by atoms with Crippen LogP contribution in [0.3, 0.4) is 0 Å². The highest BCUT2D eigenvalue weighted by Crippen LogP contribution is 2.20. The molecule has 0 spiro atoms. The van der Waals surface area contributed by atoms with E-state index in [2.05, 4.69) is 35.5 Å². The predicted octanol–water partition coefficient (Wildman–Crippen LogP) is 0.556. The lowest BCUT2D eigenvalue weighted by Gasteiger charge is -2.09. The van der Waals surface area contributed by atoms with Crippen LogP contribution in [-0.4, -0.2) is 44.5 Å². The van der Waals surface area contributed by atoms with Gasteiger partial charge in [0.25, 0.3) is 10.0 Å². The van der Waals surface area contributed by atoms with Gasteiger partial charge in [-0.2, -0.15) is 0 Å². The Hall–Kier alpha value is -3.12. The van der Waals surface area contributed by atoms with Crippen LogP contribution in [0.5, 0.6) is 0 Å². The van der Waals surface area contributed by atoms with Crippen LogP contribution in [0.2, 0.25) is 5.15 Å². The van der Waals surface area contributed by atoms with Crippen molar-refractivity contribution in [3.05, 3.63) is 48.1 Å². The maximum absolute atomic E-state index is 12.3. The first-order chi connectivity index (χ1) is 12.4. The van der Waals surface area contributed by atoms with Gasteiger partial charge >= 0.3 is 0 Å². The Labute approximate surface area is 152 Å². The Morgan fingerprint density at radius 1 is 1.15 bits per heavy atom. The van der Waals surface area contributed by atoms with Crippen LogP contribution in [0.25, 0.3) is 0 Å². The van der Waals surface area contributed by atoms with Crippen LogP contribution >= 0.6 is 11.6 Å². The van der Waals surface area contributed by atoms with E-state index in [1.54, 1.807) is 0 Å². The molecule has 0 saturated carbocycles. The number of hydrogen-bond acceptors (Lipinski definition) is 8. The molecule has 0 bridgehead atoms. The molecule has 0 unspecified atom stereocenters. The van der Waals surface area contributed by atoms with Crippen molar-refractivity contribution in [2.45, 2.75) is 11.4 Å². The minimum absolute atomic E-state index is 0.0299. The fraction of sp³-hybridized carbons (Fsp3) is 0.0769. The Kier molecular flexibility index (Phi) is 5.04. The average molecular weight is 395 g/mol. The molecular formula is C13H11ClN8O3S. The molecule has 0 radical (unpaired) electrons. The molecule has 0 fully saturated rings. The van der Waals surface area contributed by atoms with Gasteiger partial charge in [0.05, 0.1) is 4.90 Å². The van der Waals surface area contributed by atoms with Crippen molar-refractivity contribution in [3.8, 4) is 0 Å². The molecule has 0 aliphatic rings. The van der Waals surface area contributed by atoms with Crippen molar-refractivity contribution in [2.75, 3.05) is 10.0 Å². The molecule has 2 heterocycles. The molecule has 0 atom stereocenters. The number of sulfonamides is 1. The minimum atomic E-state index is -3.90. The summed E-state index contributed by atoms with van der Waals surface area (Å²) in [5, 5.41) is 13.0. The highest BCUT2D eigenvalue weighted by atomic mass is 35.5. The van der Waals surface area contributed by atoms with Gasteiger partial charge in [-0.3, -0.25) is 9.52 Å². The number of tetrazole rings is 1. The fourth-order valence-electron chi connectivity index (χ4n) is 1.89. The molecule has 1 amide bonds. The zero-order valence-electron chi connectivity index (χ0n) is 12.9. The van der Waals surface area contributed by atoms with Gasteiger partial charge in [-0.15, -0.1) is 5.10 Å². The summed E-state index contributed by atoms with van der Waals surface area (Å²) in [7, 11) is -3.90. The zero-order chi connectivity index (χ0) is 18.6. The highest BCUT2D eigenvalue weighted by molar-refractivity contribution is 7.92. The van der Waals surface area contributed by atoms with E-state index in [1.807, 2.05) is 0 Å². The molecule has 13 heteroatoms. The minimum Gasteiger partial charge on any atom is -0.324 e. The van der Waals surface area contributed by atoms with E-state index in [0.29, 0.717) is 5.69 Å². The smallest absolute Gasteiger partial charge is 0.263 e. The predicted molar refractivity (Wildman–Crippen MR) is 90.7 cm³/mol. The number of carbonyl (C=O) groups is 1. The first kappa shape index (κ1) is 17.7. The molecule has 26 heavy (non-hydrogen) atoms. The van der Waals surface area contributed by atoms with E-state index < -0.39 is 10.0 Å². The summed E-state index contributed by atoms with van der Waals surface area (Å²) >= 11 is 5.79. The molecule has 0 saturated heterocycles. The summed E-state index contributed by atoms with van der Waals surface area (Å²) in [6, 6.07) is 5.56. The number of aromatic nitrogens is 6. The third-order valence-electron chi connectivity index (χ3n) is 3.03. The van der Waals surface area contributed by atoms with Gasteiger partial charge in [0.2, 0.25) is 5.91 Å². The van der Waals surface area contributed by atoms with E-state index >= 15 is 0 Å². The van der Waals surface area contributed by atoms with Crippen molar-refractivity contribution in [3.63, 3.8) is 0 Å². The summed E-state index contributed by atoms with van der Waals surface area (Å²) < 4.78 is 28.2. The van der Waals surface area contributed by atoms with Crippen molar-refractivity contribution in [1.82, 2.24) is 30.2 Å². The summed E-state index contributed by atoms with van der Waals surface area (Å²) in [5.74, 6) is -0.439. The number of amides is 1. The number of nitrogens with one attached hydrogen (secondary N) is 2. The number of benzene rings is 1. The fourth-order valence-corrected chi connectivity index (χ4v) is 3.12. The molecule has 3 rings (SSSR count). The van der Waals surface area contributed by atoms with Crippen LogP contribution in [0.4, 0.5) is 11.5 Å². The van der Waals surface area contributed by atoms with E-state index in [0.717, 1.165) is 0 Å². The number of carbonyl (C=O) groups excluding carboxylic acids is 1. The normalized spacial score (nSPS) is 11.1. The number of anilines is 2. The highest BCUT2D eigenvalue weighted by Gasteiger charge is 2.17. The Balaban J connectivity index is 1.68. The van der Waals surface area contributed by atoms with Gasteiger partial charge < -0.3 is 5.32 Å². The van der Waals surface area contributed by atoms with Crippen LogP contribution < -0.4 is 10.0 Å². The van der Waals surface area contributed by atoms with E-state index in [1.165, 1.54) is 47.7 Å². The van der Waals surface area contributed by atoms with Crippen LogP contribution in [0.1, 0.15) is 0 Å². The summed E-state index contributed by atoms with van der Waals surface area (Å²) in [6.45, 7) is -0.0697. The topological polar surface area (TPSA) is 145 Å². The molecule has 0 aliphatic heterocycles. The second-order valence-electron chi connectivity index (χ2n) is 4.88. The van der Waals surface area contributed by atoms with Gasteiger partial charge in [-0.25, -0.2) is 23.1 Å². The third kappa shape index (κ3) is 4.29. The van der Waals surface area contributed by atoms with Crippen molar-refractivity contribution < 1.29 is 13.2 Å². The molecule has 2 aromatic heterocycles. The lowest BCUT2D eigenvalue weighted by Crippen LogP contribution is -2.19. The summed E-state index contributed by atoms with van der Waals surface area (Å²) in [6.07, 6.45) is 3.96. The lowest BCUT2D eigenvalue weighted by atomic mass is 10.3. The molecule has 11 nitrogen and oxygen atoms in total. The molecule has 0 aliphatic carbocycles. The van der Waals surface area contributed by atoms with Gasteiger partial charge in [0.15, 0.2) is 11.0 Å². The molecule has 2 N–H and O–H groups in total. The monoisotopic (exact) mass is 394 g/mol. The SMILES string of the molecule is O=C(Cn1cnnn1)Nc1ccc(S(=O)(=O)Nc2nccnc2Cl)cc1. The maximum atomic E-state index is 12.3. The molecular weight excluding hydrogens is 384 g/mol. The molecule has 134 valence electrons. The number of nitrogens with zero attached hydrogens (tertiary/aromatic N) is 6. The van der Waals surface area contributed by atoms with Gasteiger partial charge in [0, 0.05) is 18.1 Å². The Morgan fingerprint density at radius 2 is 1.88 bits per heavy atom. The van der Waals surface area contributed by atoms with Gasteiger partial charge in [-0.1, -0.05) is 11.6 Å². The second-order valence-corrected chi connectivity index (χ2v) is 6.92. The van der Waals surface area contributed by atoms with E-state index in [9.17, 15) is 13.2 Å². The number of halogens is 1. The van der Waals surface area contributed by atoms with E-state index in [-0.39, 0.29) is 28.3 Å². The number of hydrogen-bond donors (Lipinski definition) is 2. The van der Waals surface area contributed by atoms with Crippen molar-refractivity contribution >= 4 is 39.0 Å². The molecule has 3 aromatic rings. The van der Waals surface area contributed by atoms with Crippen LogP contribution in [0, 0.1) is 0 Å². The first-order valence-electron chi connectivity index (χ1n) is 7.04. The standard InChI is InChI=1S/C13H11ClN8O3S/c14-12-13(16-6-5-15-12)19-26(24,25)10-3-1-9(2-4-10)18-11(23)7-22-8-17-20-21-22/h1-6,8H,7H2,(H,16,19)(H,18,23). The molecule has 1 aromatic carbocycles. The average Bonchev–Trinajstić information content (AvgIpc) is 3.10. The largest absolute Gasteiger partial charge is 0.324 e. The zero-order valence-corrected chi connectivity index (χ0v) is 14.5. The maximum Gasteiger partial charge on any atom is 0.263 e. The Bertz CT molecular complexity index is 1010. The van der Waals surface area contributed by atoms with Gasteiger partial charge in [-0.05, 0) is 34.7 Å².